The molecule has 3 atom stereocenters. The van der Waals surface area contributed by atoms with Crippen LogP contribution in [0.3, 0.4) is 0 Å². The molecule has 184 valence electrons. The third kappa shape index (κ3) is 5.34. The Balaban J connectivity index is 1.32. The van der Waals surface area contributed by atoms with Crippen molar-refractivity contribution in [3.8, 4) is 11.5 Å². The number of Topliss-reactive ketones (excluding diaryl/α,β-unsaturated/α-hetero) is 1. The summed E-state index contributed by atoms with van der Waals surface area (Å²) in [6, 6.07) is 22.3. The van der Waals surface area contributed by atoms with Crippen molar-refractivity contribution in [2.24, 2.45) is 0 Å². The molecule has 2 aliphatic heterocycles. The van der Waals surface area contributed by atoms with Gasteiger partial charge >= 0.3 is 0 Å². The maximum atomic E-state index is 13.6. The highest BCUT2D eigenvalue weighted by Gasteiger charge is 2.48. The first-order valence-electron chi connectivity index (χ1n) is 11.8. The molecule has 7 nitrogen and oxygen atoms in total. The van der Waals surface area contributed by atoms with Crippen molar-refractivity contribution in [1.29, 1.82) is 0 Å². The molecule has 3 aromatic carbocycles. The first kappa shape index (κ1) is 24.2. The topological polar surface area (TPSA) is 84.9 Å². The summed E-state index contributed by atoms with van der Waals surface area (Å²) in [7, 11) is 0. The van der Waals surface area contributed by atoms with Crippen LogP contribution in [0.4, 0.5) is 0 Å². The first-order chi connectivity index (χ1) is 17.5. The summed E-state index contributed by atoms with van der Waals surface area (Å²) >= 11 is 3.42. The SMILES string of the molecule is O=C(NC(Cc1ccc(Br)cc1)C(=O)N1CCC2OCC(=O)C21)c1ccc(Oc2ccccc2)cc1. The second kappa shape index (κ2) is 10.6. The van der Waals surface area contributed by atoms with Crippen LogP contribution < -0.4 is 10.1 Å². The van der Waals surface area contributed by atoms with Gasteiger partial charge in [0.1, 0.15) is 30.2 Å². The van der Waals surface area contributed by atoms with E-state index in [0.717, 1.165) is 10.0 Å². The van der Waals surface area contributed by atoms with E-state index in [4.69, 9.17) is 9.47 Å². The van der Waals surface area contributed by atoms with Gasteiger partial charge in [0.25, 0.3) is 5.91 Å². The van der Waals surface area contributed by atoms with Crippen LogP contribution in [-0.4, -0.2) is 53.8 Å². The number of nitrogens with one attached hydrogen (secondary N) is 1. The molecule has 2 heterocycles. The van der Waals surface area contributed by atoms with Gasteiger partial charge < -0.3 is 19.7 Å². The molecule has 2 saturated heterocycles. The minimum absolute atomic E-state index is 0.0280. The van der Waals surface area contributed by atoms with E-state index in [0.29, 0.717) is 36.4 Å². The minimum atomic E-state index is -0.828. The Morgan fingerprint density at radius 1 is 1.00 bits per heavy atom. The number of hydrogen-bond donors (Lipinski definition) is 1. The van der Waals surface area contributed by atoms with Crippen molar-refractivity contribution in [3.05, 3.63) is 94.5 Å². The molecule has 0 aliphatic carbocycles. The normalized spacial score (nSPS) is 19.6. The molecule has 0 aromatic heterocycles. The van der Waals surface area contributed by atoms with Crippen LogP contribution in [0.2, 0.25) is 0 Å². The Labute approximate surface area is 217 Å². The molecule has 0 spiro atoms. The highest BCUT2D eigenvalue weighted by Crippen LogP contribution is 2.28. The van der Waals surface area contributed by atoms with Crippen molar-refractivity contribution < 1.29 is 23.9 Å². The zero-order chi connectivity index (χ0) is 25.1. The average molecular weight is 549 g/mol. The smallest absolute Gasteiger partial charge is 0.251 e. The third-order valence-electron chi connectivity index (χ3n) is 6.45. The van der Waals surface area contributed by atoms with E-state index in [2.05, 4.69) is 21.2 Å². The lowest BCUT2D eigenvalue weighted by atomic mass is 10.0. The van der Waals surface area contributed by atoms with Gasteiger partial charge in [0.2, 0.25) is 5.91 Å². The fourth-order valence-electron chi connectivity index (χ4n) is 4.64. The second-order valence-corrected chi connectivity index (χ2v) is 9.79. The lowest BCUT2D eigenvalue weighted by Gasteiger charge is -2.27. The number of benzene rings is 3. The highest BCUT2D eigenvalue weighted by molar-refractivity contribution is 9.10. The molecule has 3 aromatic rings. The van der Waals surface area contributed by atoms with Gasteiger partial charge in [0, 0.05) is 23.0 Å². The van der Waals surface area contributed by atoms with E-state index in [9.17, 15) is 14.4 Å². The van der Waals surface area contributed by atoms with E-state index in [1.807, 2.05) is 54.6 Å². The summed E-state index contributed by atoms with van der Waals surface area (Å²) in [5.74, 6) is 0.559. The summed E-state index contributed by atoms with van der Waals surface area (Å²) in [5.41, 5.74) is 1.30. The van der Waals surface area contributed by atoms with Crippen molar-refractivity contribution in [2.45, 2.75) is 31.0 Å². The molecular weight excluding hydrogens is 524 g/mol. The number of nitrogens with zero attached hydrogens (tertiary/aromatic N) is 1. The summed E-state index contributed by atoms with van der Waals surface area (Å²) in [5, 5.41) is 2.90. The van der Waals surface area contributed by atoms with Crippen LogP contribution in [0.25, 0.3) is 0 Å². The van der Waals surface area contributed by atoms with E-state index >= 15 is 0 Å². The number of ether oxygens (including phenoxy) is 2. The summed E-state index contributed by atoms with van der Waals surface area (Å²) < 4.78 is 12.3. The molecule has 8 heteroatoms. The zero-order valence-corrected chi connectivity index (χ0v) is 21.0. The van der Waals surface area contributed by atoms with Crippen LogP contribution in [0.1, 0.15) is 22.3 Å². The largest absolute Gasteiger partial charge is 0.457 e. The van der Waals surface area contributed by atoms with Crippen LogP contribution in [0, 0.1) is 0 Å². The lowest BCUT2D eigenvalue weighted by Crippen LogP contribution is -2.53. The van der Waals surface area contributed by atoms with Gasteiger partial charge in [0.05, 0.1) is 6.10 Å². The molecule has 2 aliphatic rings. The number of para-hydroxylation sites is 1. The number of hydrogen-bond acceptors (Lipinski definition) is 5. The van der Waals surface area contributed by atoms with Crippen LogP contribution in [0.5, 0.6) is 11.5 Å². The Kier molecular flexibility index (Phi) is 7.16. The van der Waals surface area contributed by atoms with Crippen LogP contribution in [0.15, 0.2) is 83.3 Å². The fourth-order valence-corrected chi connectivity index (χ4v) is 4.90. The van der Waals surface area contributed by atoms with Gasteiger partial charge in [-0.1, -0.05) is 46.3 Å². The number of likely N-dealkylation sites (tertiary alicyclic amines) is 1. The molecule has 0 radical (unpaired) electrons. The van der Waals surface area contributed by atoms with E-state index in [1.54, 1.807) is 29.2 Å². The van der Waals surface area contributed by atoms with Gasteiger partial charge in [-0.2, -0.15) is 0 Å². The molecular formula is C28H25BrN2O5. The maximum Gasteiger partial charge on any atom is 0.251 e. The molecule has 3 unspecified atom stereocenters. The Hall–Kier alpha value is -3.49. The summed E-state index contributed by atoms with van der Waals surface area (Å²) in [6.45, 7) is 0.457. The van der Waals surface area contributed by atoms with E-state index < -0.39 is 12.1 Å². The van der Waals surface area contributed by atoms with Gasteiger partial charge in [-0.15, -0.1) is 0 Å². The number of amides is 2. The molecule has 1 N–H and O–H groups in total. The predicted octanol–water partition coefficient (Wildman–Crippen LogP) is 4.15. The van der Waals surface area contributed by atoms with E-state index in [-0.39, 0.29) is 30.3 Å². The van der Waals surface area contributed by atoms with Crippen LogP contribution >= 0.6 is 15.9 Å². The lowest BCUT2D eigenvalue weighted by molar-refractivity contribution is -0.138. The van der Waals surface area contributed by atoms with Crippen molar-refractivity contribution >= 4 is 33.5 Å². The quantitative estimate of drug-likeness (QED) is 0.479. The number of ketones is 1. The maximum absolute atomic E-state index is 13.6. The summed E-state index contributed by atoms with van der Waals surface area (Å²) in [6.07, 6.45) is 0.655. The number of rotatable bonds is 7. The van der Waals surface area contributed by atoms with Gasteiger partial charge in [-0.3, -0.25) is 14.4 Å². The molecule has 2 fully saturated rings. The van der Waals surface area contributed by atoms with Crippen molar-refractivity contribution in [1.82, 2.24) is 10.2 Å². The minimum Gasteiger partial charge on any atom is -0.457 e. The molecule has 2 amide bonds. The Morgan fingerprint density at radius 2 is 1.69 bits per heavy atom. The average Bonchev–Trinajstić information content (AvgIpc) is 3.48. The van der Waals surface area contributed by atoms with E-state index in [1.165, 1.54) is 0 Å². The molecule has 0 bridgehead atoms. The van der Waals surface area contributed by atoms with Gasteiger partial charge in [-0.25, -0.2) is 0 Å². The first-order valence-corrected chi connectivity index (χ1v) is 12.6. The Bertz CT molecular complexity index is 1250. The summed E-state index contributed by atoms with van der Waals surface area (Å²) in [4.78, 5) is 40.7. The number of carbonyl (C=O) groups excluding carboxylic acids is 3. The monoisotopic (exact) mass is 548 g/mol. The number of halogens is 1. The molecule has 5 rings (SSSR count). The fraction of sp³-hybridized carbons (Fsp3) is 0.250. The number of carbonyl (C=O) groups is 3. The van der Waals surface area contributed by atoms with Gasteiger partial charge in [0.15, 0.2) is 5.78 Å². The van der Waals surface area contributed by atoms with Gasteiger partial charge in [-0.05, 0) is 60.5 Å². The zero-order valence-electron chi connectivity index (χ0n) is 19.4. The molecule has 0 saturated carbocycles. The molecule has 36 heavy (non-hydrogen) atoms. The van der Waals surface area contributed by atoms with Crippen molar-refractivity contribution in [2.75, 3.05) is 13.2 Å². The number of fused-ring (bicyclic) bond motifs is 1. The second-order valence-electron chi connectivity index (χ2n) is 8.88. The highest BCUT2D eigenvalue weighted by atomic mass is 79.9. The van der Waals surface area contributed by atoms with Crippen molar-refractivity contribution in [3.63, 3.8) is 0 Å². The third-order valence-corrected chi connectivity index (χ3v) is 6.98. The standard InChI is InChI=1S/C28H25BrN2O5/c29-20-10-6-18(7-11-20)16-23(28(34)31-15-14-25-26(31)24(32)17-35-25)30-27(33)19-8-12-22(13-9-19)36-21-4-2-1-3-5-21/h1-13,23,25-26H,14-17H2,(H,30,33). The predicted molar refractivity (Wildman–Crippen MR) is 137 cm³/mol. The van der Waals surface area contributed by atoms with Crippen LogP contribution in [-0.2, 0) is 20.7 Å². The Morgan fingerprint density at radius 3 is 2.42 bits per heavy atom.